The molecule has 0 spiro atoms. The topological polar surface area (TPSA) is 50.4 Å². The van der Waals surface area contributed by atoms with Gasteiger partial charge < -0.3 is 11.1 Å². The van der Waals surface area contributed by atoms with Crippen molar-refractivity contribution in [3.05, 3.63) is 0 Å². The molecule has 14 heavy (non-hydrogen) atoms. The number of aliphatic imine (C=N–C) groups is 1. The van der Waals surface area contributed by atoms with Gasteiger partial charge in [-0.05, 0) is 32.6 Å². The van der Waals surface area contributed by atoms with Crippen LogP contribution in [0, 0.1) is 5.92 Å². The third-order valence-corrected chi connectivity index (χ3v) is 3.41. The molecule has 1 rings (SSSR count). The van der Waals surface area contributed by atoms with Gasteiger partial charge in [0, 0.05) is 12.1 Å². The zero-order valence-corrected chi connectivity index (χ0v) is 9.64. The van der Waals surface area contributed by atoms with Crippen LogP contribution in [-0.4, -0.2) is 18.0 Å². The molecule has 1 saturated carbocycles. The van der Waals surface area contributed by atoms with E-state index in [9.17, 15) is 0 Å². The van der Waals surface area contributed by atoms with E-state index in [2.05, 4.69) is 24.2 Å². The van der Waals surface area contributed by atoms with E-state index in [4.69, 9.17) is 5.73 Å². The molecule has 0 radical (unpaired) electrons. The zero-order chi connectivity index (χ0) is 10.6. The second-order valence-corrected chi connectivity index (χ2v) is 4.55. The Kier molecular flexibility index (Phi) is 3.78. The van der Waals surface area contributed by atoms with Crippen molar-refractivity contribution in [1.29, 1.82) is 0 Å². The third-order valence-electron chi connectivity index (χ3n) is 3.41. The molecule has 82 valence electrons. The van der Waals surface area contributed by atoms with Crippen molar-refractivity contribution in [2.45, 2.75) is 52.0 Å². The summed E-state index contributed by atoms with van der Waals surface area (Å²) in [7, 11) is 0. The number of rotatable bonds is 2. The molecule has 0 aromatic carbocycles. The number of nitrogens with one attached hydrogen (secondary N) is 1. The van der Waals surface area contributed by atoms with E-state index in [1.165, 1.54) is 25.7 Å². The van der Waals surface area contributed by atoms with Crippen LogP contribution in [0.25, 0.3) is 0 Å². The summed E-state index contributed by atoms with van der Waals surface area (Å²) in [5.41, 5.74) is 5.96. The molecule has 1 fully saturated rings. The van der Waals surface area contributed by atoms with Gasteiger partial charge in [0.1, 0.15) is 0 Å². The van der Waals surface area contributed by atoms with Gasteiger partial charge in [-0.1, -0.05) is 19.8 Å². The molecular formula is C11H23N3. The fraction of sp³-hybridized carbons (Fsp3) is 0.909. The average Bonchev–Trinajstić information content (AvgIpc) is 2.10. The first-order valence-electron chi connectivity index (χ1n) is 5.66. The van der Waals surface area contributed by atoms with Gasteiger partial charge in [-0.25, -0.2) is 0 Å². The van der Waals surface area contributed by atoms with E-state index in [-0.39, 0.29) is 5.54 Å². The Labute approximate surface area is 87.2 Å². The minimum absolute atomic E-state index is 0.154. The maximum atomic E-state index is 5.80. The van der Waals surface area contributed by atoms with Crippen molar-refractivity contribution >= 4 is 5.96 Å². The summed E-state index contributed by atoms with van der Waals surface area (Å²) in [5, 5.41) is 3.37. The minimum Gasteiger partial charge on any atom is -0.370 e. The van der Waals surface area contributed by atoms with Crippen molar-refractivity contribution in [3.8, 4) is 0 Å². The van der Waals surface area contributed by atoms with Crippen LogP contribution in [0.2, 0.25) is 0 Å². The first-order valence-corrected chi connectivity index (χ1v) is 5.66. The summed E-state index contributed by atoms with van der Waals surface area (Å²) in [6, 6.07) is 0. The predicted octanol–water partition coefficient (Wildman–Crippen LogP) is 1.88. The van der Waals surface area contributed by atoms with Crippen LogP contribution < -0.4 is 11.1 Å². The lowest BCUT2D eigenvalue weighted by Gasteiger charge is -2.40. The van der Waals surface area contributed by atoms with Crippen LogP contribution in [0.5, 0.6) is 0 Å². The first kappa shape index (κ1) is 11.3. The standard InChI is InChI=1S/C11H23N3/c1-4-13-10(12)14-11(3)8-6-5-7-9(11)2/h9H,4-8H2,1-3H3,(H3,12,13,14). The Balaban J connectivity index is 2.59. The van der Waals surface area contributed by atoms with E-state index >= 15 is 0 Å². The van der Waals surface area contributed by atoms with Crippen LogP contribution >= 0.6 is 0 Å². The van der Waals surface area contributed by atoms with E-state index in [1.807, 2.05) is 6.92 Å². The average molecular weight is 197 g/mol. The van der Waals surface area contributed by atoms with Crippen molar-refractivity contribution in [2.24, 2.45) is 16.6 Å². The number of nitrogens with zero attached hydrogens (tertiary/aromatic N) is 1. The highest BCUT2D eigenvalue weighted by molar-refractivity contribution is 5.78. The highest BCUT2D eigenvalue weighted by Gasteiger charge is 2.33. The Bertz CT molecular complexity index is 213. The summed E-state index contributed by atoms with van der Waals surface area (Å²) in [5.74, 6) is 1.28. The molecule has 0 saturated heterocycles. The fourth-order valence-corrected chi connectivity index (χ4v) is 2.20. The predicted molar refractivity (Wildman–Crippen MR) is 61.3 cm³/mol. The van der Waals surface area contributed by atoms with Gasteiger partial charge in [0.05, 0.1) is 0 Å². The van der Waals surface area contributed by atoms with Crippen molar-refractivity contribution in [3.63, 3.8) is 0 Å². The Morgan fingerprint density at radius 2 is 2.29 bits per heavy atom. The van der Waals surface area contributed by atoms with Gasteiger partial charge in [0.15, 0.2) is 5.96 Å². The van der Waals surface area contributed by atoms with Gasteiger partial charge in [-0.2, -0.15) is 0 Å². The maximum Gasteiger partial charge on any atom is 0.189 e. The lowest BCUT2D eigenvalue weighted by Crippen LogP contribution is -2.54. The summed E-state index contributed by atoms with van der Waals surface area (Å²) in [6.07, 6.45) is 5.15. The van der Waals surface area contributed by atoms with E-state index in [0.717, 1.165) is 6.54 Å². The minimum atomic E-state index is 0.154. The van der Waals surface area contributed by atoms with Crippen LogP contribution in [-0.2, 0) is 0 Å². The van der Waals surface area contributed by atoms with E-state index in [0.29, 0.717) is 11.9 Å². The van der Waals surface area contributed by atoms with Crippen LogP contribution in [0.4, 0.5) is 0 Å². The Morgan fingerprint density at radius 1 is 1.57 bits per heavy atom. The smallest absolute Gasteiger partial charge is 0.189 e. The fourth-order valence-electron chi connectivity index (χ4n) is 2.20. The second-order valence-electron chi connectivity index (χ2n) is 4.55. The van der Waals surface area contributed by atoms with Gasteiger partial charge in [0.25, 0.3) is 0 Å². The molecule has 2 atom stereocenters. The van der Waals surface area contributed by atoms with Gasteiger partial charge >= 0.3 is 0 Å². The van der Waals surface area contributed by atoms with Crippen LogP contribution in [0.3, 0.4) is 0 Å². The van der Waals surface area contributed by atoms with Crippen molar-refractivity contribution < 1.29 is 0 Å². The van der Waals surface area contributed by atoms with Crippen LogP contribution in [0.1, 0.15) is 46.5 Å². The molecule has 2 unspecified atom stereocenters. The summed E-state index contributed by atoms with van der Waals surface area (Å²) in [4.78, 5) is 4.18. The zero-order valence-electron chi connectivity index (χ0n) is 9.64. The number of hydrogen-bond acceptors (Lipinski definition) is 1. The molecule has 1 aliphatic carbocycles. The molecule has 0 aromatic rings. The highest BCUT2D eigenvalue weighted by Crippen LogP contribution is 2.32. The van der Waals surface area contributed by atoms with Crippen molar-refractivity contribution in [1.82, 2.24) is 5.32 Å². The molecule has 3 nitrogen and oxygen atoms in total. The maximum absolute atomic E-state index is 5.80. The number of nitrogens with two attached hydrogens (primary N) is 1. The molecule has 0 aromatic heterocycles. The largest absolute Gasteiger partial charge is 0.370 e. The van der Waals surface area contributed by atoms with Gasteiger partial charge in [-0.15, -0.1) is 0 Å². The summed E-state index contributed by atoms with van der Waals surface area (Å²) < 4.78 is 0. The lowest BCUT2D eigenvalue weighted by atomic mass is 9.75. The SMILES string of the molecule is CCN=C(N)NC1(C)CCCCC1C. The normalized spacial score (nSPS) is 34.2. The monoisotopic (exact) mass is 197 g/mol. The molecule has 1 aliphatic rings. The molecule has 0 bridgehead atoms. The summed E-state index contributed by atoms with van der Waals surface area (Å²) >= 11 is 0. The van der Waals surface area contributed by atoms with Gasteiger partial charge in [-0.3, -0.25) is 4.99 Å². The number of guanidine groups is 1. The van der Waals surface area contributed by atoms with E-state index in [1.54, 1.807) is 0 Å². The third kappa shape index (κ3) is 2.63. The van der Waals surface area contributed by atoms with Crippen molar-refractivity contribution in [2.75, 3.05) is 6.54 Å². The quantitative estimate of drug-likeness (QED) is 0.524. The lowest BCUT2D eigenvalue weighted by molar-refractivity contribution is 0.200. The Morgan fingerprint density at radius 3 is 2.86 bits per heavy atom. The molecule has 3 heteroatoms. The summed E-state index contributed by atoms with van der Waals surface area (Å²) in [6.45, 7) is 7.31. The molecule has 3 N–H and O–H groups in total. The second kappa shape index (κ2) is 4.67. The van der Waals surface area contributed by atoms with Crippen LogP contribution in [0.15, 0.2) is 4.99 Å². The molecule has 0 aliphatic heterocycles. The van der Waals surface area contributed by atoms with E-state index < -0.39 is 0 Å². The first-order chi connectivity index (χ1) is 6.58. The molecule has 0 heterocycles. The van der Waals surface area contributed by atoms with Gasteiger partial charge in [0.2, 0.25) is 0 Å². The highest BCUT2D eigenvalue weighted by atomic mass is 15.1. The number of hydrogen-bond donors (Lipinski definition) is 2. The molecule has 0 amide bonds. The molecular weight excluding hydrogens is 174 g/mol. The Hall–Kier alpha value is -0.730.